The van der Waals surface area contributed by atoms with Gasteiger partial charge in [0.05, 0.1) is 0 Å². The summed E-state index contributed by atoms with van der Waals surface area (Å²) in [5.74, 6) is 0. The van der Waals surface area contributed by atoms with E-state index in [2.05, 4.69) is 0 Å². The molecule has 0 aromatic heterocycles. The first-order valence-electron chi connectivity index (χ1n) is 0. The van der Waals surface area contributed by atoms with Gasteiger partial charge in [0.15, 0.2) is 0 Å². The second-order valence-electron chi connectivity index (χ2n) is 0. The molecule has 5 heavy (non-hydrogen) atoms. The molecule has 0 amide bonds. The van der Waals surface area contributed by atoms with Gasteiger partial charge in [0.25, 0.3) is 0 Å². The van der Waals surface area contributed by atoms with Crippen molar-refractivity contribution in [3.8, 4) is 0 Å². The maximum Gasteiger partial charge on any atom is 2.00 e. The van der Waals surface area contributed by atoms with Crippen LogP contribution in [0.5, 0.6) is 0 Å². The summed E-state index contributed by atoms with van der Waals surface area (Å²) in [5.41, 5.74) is 0. The summed E-state index contributed by atoms with van der Waals surface area (Å²) in [6.45, 7) is 0. The fourth-order valence-electron chi connectivity index (χ4n) is 0. The van der Waals surface area contributed by atoms with Crippen LogP contribution in [0.4, 0.5) is 0 Å². The van der Waals surface area contributed by atoms with Crippen molar-refractivity contribution in [2.75, 3.05) is 0 Å². The molecular weight excluding hydrogens is 206 g/mol. The molecule has 0 aromatic rings. The van der Waals surface area contributed by atoms with Crippen LogP contribution in [0.25, 0.3) is 0 Å². The number of rotatable bonds is 0. The Morgan fingerprint density at radius 2 is 0.600 bits per heavy atom. The molecule has 0 heterocycles. The maximum absolute atomic E-state index is 0. The normalized spacial score (nSPS) is 0. The van der Waals surface area contributed by atoms with E-state index in [9.17, 15) is 0 Å². The molecule has 0 N–H and O–H groups in total. The van der Waals surface area contributed by atoms with Crippen LogP contribution >= 0.6 is 0 Å². The minimum absolute atomic E-state index is 0. The van der Waals surface area contributed by atoms with Crippen molar-refractivity contribution in [1.29, 1.82) is 0 Å². The van der Waals surface area contributed by atoms with E-state index in [1.165, 1.54) is 0 Å². The molecule has 1 radical (unpaired) electrons. The van der Waals surface area contributed by atoms with Crippen LogP contribution in [-0.4, -0.2) is 0 Å². The maximum atomic E-state index is 0. The van der Waals surface area contributed by atoms with Crippen molar-refractivity contribution in [3.63, 3.8) is 0 Å². The van der Waals surface area contributed by atoms with E-state index in [1.54, 1.807) is 0 Å². The number of hydrogen-bond donors (Lipinski definition) is 0. The van der Waals surface area contributed by atoms with E-state index in [1.807, 2.05) is 0 Å². The number of hydrogen-bond acceptors (Lipinski definition) is 0. The van der Waals surface area contributed by atoms with Crippen molar-refractivity contribution >= 4 is 27.0 Å². The van der Waals surface area contributed by atoms with Crippen LogP contribution in [0.2, 0.25) is 0 Å². The second kappa shape index (κ2) is 23.6. The van der Waals surface area contributed by atoms with Crippen LogP contribution in [0.15, 0.2) is 0 Å². The van der Waals surface area contributed by atoms with E-state index in [0.29, 0.717) is 0 Å². The molecule has 0 saturated heterocycles. The van der Waals surface area contributed by atoms with Gasteiger partial charge in [-0.1, -0.05) is 0 Å². The molecule has 0 atom stereocenters. The van der Waals surface area contributed by atoms with Gasteiger partial charge in [-0.05, 0) is 0 Å². The third-order valence-electron chi connectivity index (χ3n) is 0. The van der Waals surface area contributed by atoms with Crippen LogP contribution < -0.4 is 103 Å². The molecule has 0 aliphatic heterocycles. The van der Waals surface area contributed by atoms with Crippen molar-refractivity contribution in [2.24, 2.45) is 0 Å². The zero-order chi connectivity index (χ0) is 0. The van der Waals surface area contributed by atoms with Gasteiger partial charge in [-0.25, -0.2) is 0 Å². The third-order valence-corrected chi connectivity index (χ3v) is 0. The summed E-state index contributed by atoms with van der Waals surface area (Å²) in [4.78, 5) is 0. The average Bonchev–Trinajstić information content (AvgIpc) is 0. The SMILES string of the molecule is [Cu+2].[K+].[K+].[S-2].[S-2]. The van der Waals surface area contributed by atoms with Gasteiger partial charge in [0, 0.05) is 0 Å². The fraction of sp³-hybridized carbons (Fsp3) is 0. The van der Waals surface area contributed by atoms with Crippen molar-refractivity contribution in [1.82, 2.24) is 0 Å². The minimum atomic E-state index is 0. The first-order chi connectivity index (χ1) is 0. The Morgan fingerprint density at radius 3 is 0.600 bits per heavy atom. The predicted octanol–water partition coefficient (Wildman–Crippen LogP) is -6.00. The molecule has 0 bridgehead atoms. The molecule has 0 unspecified atom stereocenters. The first-order valence-corrected chi connectivity index (χ1v) is 0. The van der Waals surface area contributed by atoms with Crippen molar-refractivity contribution < 1.29 is 120 Å². The molecule has 5 heteroatoms. The van der Waals surface area contributed by atoms with E-state index in [-0.39, 0.29) is 147 Å². The summed E-state index contributed by atoms with van der Waals surface area (Å²) in [6, 6.07) is 0. The van der Waals surface area contributed by atoms with Gasteiger partial charge in [0.1, 0.15) is 0 Å². The van der Waals surface area contributed by atoms with Gasteiger partial charge in [-0.15, -0.1) is 0 Å². The monoisotopic (exact) mass is 205 g/mol. The summed E-state index contributed by atoms with van der Waals surface area (Å²) in [7, 11) is 0. The summed E-state index contributed by atoms with van der Waals surface area (Å²) < 4.78 is 0. The minimum Gasteiger partial charge on any atom is -2.00 e. The Hall–Kier alpha value is 4.49. The van der Waals surface area contributed by atoms with Crippen LogP contribution in [0, 0.1) is 0 Å². The molecule has 0 saturated carbocycles. The van der Waals surface area contributed by atoms with Crippen LogP contribution in [0.1, 0.15) is 0 Å². The Bertz CT molecular complexity index is 7.61. The Kier molecular flexibility index (Phi) is 160. The summed E-state index contributed by atoms with van der Waals surface area (Å²) in [6.07, 6.45) is 0. The molecular formula is CuK2S2. The van der Waals surface area contributed by atoms with Crippen molar-refractivity contribution in [3.05, 3.63) is 0 Å². The van der Waals surface area contributed by atoms with Gasteiger partial charge >= 0.3 is 120 Å². The molecule has 0 fully saturated rings. The zero-order valence-corrected chi connectivity index (χ0v) is 11.9. The Morgan fingerprint density at radius 1 is 0.600 bits per heavy atom. The quantitative estimate of drug-likeness (QED) is 0.346. The largest absolute Gasteiger partial charge is 2.00 e. The van der Waals surface area contributed by atoms with E-state index >= 15 is 0 Å². The Labute approximate surface area is 142 Å². The molecule has 0 aliphatic carbocycles. The molecule has 25 valence electrons. The molecule has 0 nitrogen and oxygen atoms in total. The van der Waals surface area contributed by atoms with E-state index in [0.717, 1.165) is 0 Å². The van der Waals surface area contributed by atoms with Crippen molar-refractivity contribution in [2.45, 2.75) is 0 Å². The molecule has 0 rings (SSSR count). The van der Waals surface area contributed by atoms with Gasteiger partial charge in [-0.2, -0.15) is 0 Å². The zero-order valence-electron chi connectivity index (χ0n) is 3.12. The topological polar surface area (TPSA) is 0 Å². The molecule has 0 aromatic carbocycles. The summed E-state index contributed by atoms with van der Waals surface area (Å²) in [5, 5.41) is 0. The molecule has 0 spiro atoms. The van der Waals surface area contributed by atoms with Gasteiger partial charge in [-0.3, -0.25) is 0 Å². The Balaban J connectivity index is 0. The smallest absolute Gasteiger partial charge is 2.00 e. The fourth-order valence-corrected chi connectivity index (χ4v) is 0. The van der Waals surface area contributed by atoms with Gasteiger partial charge < -0.3 is 27.0 Å². The van der Waals surface area contributed by atoms with Gasteiger partial charge in [0.2, 0.25) is 0 Å². The van der Waals surface area contributed by atoms with Crippen LogP contribution in [-0.2, 0) is 44.1 Å². The molecule has 0 aliphatic rings. The average molecular weight is 206 g/mol. The van der Waals surface area contributed by atoms with Crippen LogP contribution in [0.3, 0.4) is 0 Å². The van der Waals surface area contributed by atoms with E-state index < -0.39 is 0 Å². The third kappa shape index (κ3) is 17.7. The standard InChI is InChI=1S/Cu.2K.2S/q+2;2*+1;2*-2. The first kappa shape index (κ1) is 33.9. The second-order valence-corrected chi connectivity index (χ2v) is 0. The predicted molar refractivity (Wildman–Crippen MR) is 14.7 cm³/mol. The summed E-state index contributed by atoms with van der Waals surface area (Å²) >= 11 is 0. The van der Waals surface area contributed by atoms with E-state index in [4.69, 9.17) is 0 Å².